The lowest BCUT2D eigenvalue weighted by molar-refractivity contribution is -0.208. The van der Waals surface area contributed by atoms with Gasteiger partial charge in [-0.25, -0.2) is 4.79 Å². The van der Waals surface area contributed by atoms with Gasteiger partial charge in [-0.2, -0.15) is 0 Å². The minimum atomic E-state index is -2.57. The van der Waals surface area contributed by atoms with Gasteiger partial charge >= 0.3 is 23.9 Å². The highest BCUT2D eigenvalue weighted by Gasteiger charge is 2.71. The molecule has 2 aliphatic carbocycles. The van der Waals surface area contributed by atoms with Crippen molar-refractivity contribution in [3.63, 3.8) is 0 Å². The van der Waals surface area contributed by atoms with Gasteiger partial charge in [0.1, 0.15) is 23.0 Å². The third-order valence-electron chi connectivity index (χ3n) is 6.99. The van der Waals surface area contributed by atoms with E-state index in [0.29, 0.717) is 11.3 Å². The fraction of sp³-hybridized carbons (Fsp3) is 0.500. The monoisotopic (exact) mass is 492 g/mol. The van der Waals surface area contributed by atoms with Crippen molar-refractivity contribution >= 4 is 23.9 Å². The summed E-state index contributed by atoms with van der Waals surface area (Å²) >= 11 is 0. The van der Waals surface area contributed by atoms with Crippen LogP contribution in [0.5, 0.6) is 5.75 Å². The van der Waals surface area contributed by atoms with Gasteiger partial charge in [-0.05, 0) is 24.1 Å². The normalized spacial score (nSPS) is 29.6. The number of fused-ring (bicyclic) bond motifs is 2. The second kappa shape index (κ2) is 9.95. The molecular weight excluding hydrogens is 464 g/mol. The molecule has 0 spiro atoms. The Balaban J connectivity index is 2.38. The van der Waals surface area contributed by atoms with Crippen molar-refractivity contribution in [2.45, 2.75) is 17.9 Å². The summed E-state index contributed by atoms with van der Waals surface area (Å²) in [5.41, 5.74) is -2.39. The number of hydrogen-bond donors (Lipinski definition) is 2. The van der Waals surface area contributed by atoms with Gasteiger partial charge in [-0.3, -0.25) is 14.4 Å². The zero-order valence-electron chi connectivity index (χ0n) is 20.0. The summed E-state index contributed by atoms with van der Waals surface area (Å²) in [5, 5.41) is 23.3. The van der Waals surface area contributed by atoms with E-state index in [1.807, 2.05) is 0 Å². The fourth-order valence-electron chi connectivity index (χ4n) is 5.52. The molecule has 6 atom stereocenters. The molecule has 0 aromatic heterocycles. The van der Waals surface area contributed by atoms with Crippen molar-refractivity contribution in [3.05, 3.63) is 41.2 Å². The minimum absolute atomic E-state index is 0.0590. The zero-order chi connectivity index (χ0) is 26.1. The van der Waals surface area contributed by atoms with E-state index in [-0.39, 0.29) is 12.0 Å². The SMILES string of the molecule is COC(=O)C1=C(O)C(C(=O)OC)[C@]2(O)[C@@H](C(=O)OC)[C@@H]1C[C@H](c1ccc(OC)cc1)[C@@H]2C(=O)OC. The number of methoxy groups -OCH3 is 5. The number of hydrogen-bond acceptors (Lipinski definition) is 11. The van der Waals surface area contributed by atoms with Crippen LogP contribution in [0.1, 0.15) is 17.9 Å². The first-order chi connectivity index (χ1) is 16.6. The molecule has 190 valence electrons. The fourth-order valence-corrected chi connectivity index (χ4v) is 5.52. The van der Waals surface area contributed by atoms with E-state index in [2.05, 4.69) is 0 Å². The molecule has 3 rings (SSSR count). The molecule has 0 radical (unpaired) electrons. The standard InChI is InChI=1S/C24H28O11/c1-31-12-8-6-11(7-9-12)13-10-14-15(20(26)32-2)19(25)18(23(29)35-5)24(30,16(13)21(27)33-3)17(14)22(28)34-4/h6-9,13-14,16-18,25,30H,10H2,1-5H3/t13-,14-,16-,17-,18?,24-/m1/s1. The van der Waals surface area contributed by atoms with Gasteiger partial charge in [0.25, 0.3) is 0 Å². The molecule has 1 saturated carbocycles. The molecule has 1 aromatic rings. The molecule has 2 bridgehead atoms. The smallest absolute Gasteiger partial charge is 0.337 e. The number of benzene rings is 1. The Labute approximate surface area is 201 Å². The van der Waals surface area contributed by atoms with Crippen molar-refractivity contribution in [3.8, 4) is 5.75 Å². The van der Waals surface area contributed by atoms with Crippen molar-refractivity contribution in [2.75, 3.05) is 35.5 Å². The average molecular weight is 492 g/mol. The molecule has 0 saturated heterocycles. The van der Waals surface area contributed by atoms with Gasteiger partial charge < -0.3 is 33.9 Å². The van der Waals surface area contributed by atoms with E-state index in [1.165, 1.54) is 7.11 Å². The van der Waals surface area contributed by atoms with Gasteiger partial charge in [0.15, 0.2) is 0 Å². The second-order valence-electron chi connectivity index (χ2n) is 8.36. The summed E-state index contributed by atoms with van der Waals surface area (Å²) in [4.78, 5) is 51.9. The van der Waals surface area contributed by atoms with Gasteiger partial charge in [0, 0.05) is 11.8 Å². The van der Waals surface area contributed by atoms with Crippen LogP contribution in [0.15, 0.2) is 35.6 Å². The lowest BCUT2D eigenvalue weighted by Crippen LogP contribution is -2.68. The largest absolute Gasteiger partial charge is 0.511 e. The molecule has 0 aliphatic heterocycles. The van der Waals surface area contributed by atoms with E-state index in [9.17, 15) is 29.4 Å². The first-order valence-corrected chi connectivity index (χ1v) is 10.7. The Hall–Kier alpha value is -3.60. The molecule has 0 amide bonds. The Kier molecular flexibility index (Phi) is 7.39. The van der Waals surface area contributed by atoms with E-state index in [4.69, 9.17) is 23.7 Å². The average Bonchev–Trinajstić information content (AvgIpc) is 2.86. The van der Waals surface area contributed by atoms with Crippen LogP contribution in [0.4, 0.5) is 0 Å². The van der Waals surface area contributed by atoms with Crippen molar-refractivity contribution < 1.29 is 53.1 Å². The molecule has 11 heteroatoms. The molecule has 35 heavy (non-hydrogen) atoms. The maximum Gasteiger partial charge on any atom is 0.337 e. The van der Waals surface area contributed by atoms with Crippen LogP contribution in [-0.4, -0.2) is 75.2 Å². The number of carbonyl (C=O) groups excluding carboxylic acids is 4. The molecule has 1 fully saturated rings. The number of rotatable bonds is 6. The summed E-state index contributed by atoms with van der Waals surface area (Å²) in [6.07, 6.45) is -0.0590. The predicted octanol–water partition coefficient (Wildman–Crippen LogP) is 0.896. The summed E-state index contributed by atoms with van der Waals surface area (Å²) in [5.74, 6) is -11.5. The van der Waals surface area contributed by atoms with Crippen LogP contribution in [0.2, 0.25) is 0 Å². The summed E-state index contributed by atoms with van der Waals surface area (Å²) in [6, 6.07) is 6.60. The first-order valence-electron chi connectivity index (χ1n) is 10.7. The van der Waals surface area contributed by atoms with Gasteiger partial charge in [0.2, 0.25) is 0 Å². The molecule has 1 aromatic carbocycles. The number of aliphatic hydroxyl groups excluding tert-OH is 1. The number of carbonyl (C=O) groups is 4. The number of esters is 4. The molecule has 0 heterocycles. The highest BCUT2D eigenvalue weighted by molar-refractivity contribution is 5.96. The quantitative estimate of drug-likeness (QED) is 0.430. The van der Waals surface area contributed by atoms with E-state index < -0.39 is 64.8 Å². The first kappa shape index (κ1) is 26.0. The van der Waals surface area contributed by atoms with Crippen molar-refractivity contribution in [1.29, 1.82) is 0 Å². The highest BCUT2D eigenvalue weighted by Crippen LogP contribution is 2.60. The van der Waals surface area contributed by atoms with E-state index in [1.54, 1.807) is 24.3 Å². The third-order valence-corrected chi connectivity index (χ3v) is 6.99. The van der Waals surface area contributed by atoms with Gasteiger partial charge in [-0.1, -0.05) is 12.1 Å². The summed E-state index contributed by atoms with van der Waals surface area (Å²) in [6.45, 7) is 0. The third kappa shape index (κ3) is 3.99. The maximum atomic E-state index is 13.2. The molecule has 2 aliphatic rings. The Bertz CT molecular complexity index is 1040. The Morgan fingerprint density at radius 2 is 1.31 bits per heavy atom. The molecule has 11 nitrogen and oxygen atoms in total. The summed E-state index contributed by atoms with van der Waals surface area (Å²) < 4.78 is 24.7. The van der Waals surface area contributed by atoms with Crippen molar-refractivity contribution in [2.24, 2.45) is 23.7 Å². The molecule has 2 N–H and O–H groups in total. The summed E-state index contributed by atoms with van der Waals surface area (Å²) in [7, 11) is 5.73. The van der Waals surface area contributed by atoms with Gasteiger partial charge in [0.05, 0.1) is 53.0 Å². The van der Waals surface area contributed by atoms with Crippen LogP contribution >= 0.6 is 0 Å². The lowest BCUT2D eigenvalue weighted by atomic mass is 9.49. The van der Waals surface area contributed by atoms with Crippen LogP contribution in [0.25, 0.3) is 0 Å². The Morgan fingerprint density at radius 3 is 1.77 bits per heavy atom. The van der Waals surface area contributed by atoms with Crippen LogP contribution in [-0.2, 0) is 38.1 Å². The second-order valence-corrected chi connectivity index (χ2v) is 8.36. The maximum absolute atomic E-state index is 13.2. The van der Waals surface area contributed by atoms with Crippen molar-refractivity contribution in [1.82, 2.24) is 0 Å². The van der Waals surface area contributed by atoms with Gasteiger partial charge in [-0.15, -0.1) is 0 Å². The van der Waals surface area contributed by atoms with E-state index >= 15 is 0 Å². The number of ether oxygens (including phenoxy) is 5. The van der Waals surface area contributed by atoms with E-state index in [0.717, 1.165) is 28.4 Å². The minimum Gasteiger partial charge on any atom is -0.511 e. The molecule has 1 unspecified atom stereocenters. The Morgan fingerprint density at radius 1 is 0.800 bits per heavy atom. The van der Waals surface area contributed by atoms with Crippen LogP contribution in [0, 0.1) is 23.7 Å². The highest BCUT2D eigenvalue weighted by atomic mass is 16.5. The number of aliphatic hydroxyl groups is 2. The lowest BCUT2D eigenvalue weighted by Gasteiger charge is -2.55. The topological polar surface area (TPSA) is 155 Å². The van der Waals surface area contributed by atoms with Crippen LogP contribution < -0.4 is 4.74 Å². The van der Waals surface area contributed by atoms with Crippen LogP contribution in [0.3, 0.4) is 0 Å². The molecular formula is C24H28O11. The zero-order valence-corrected chi connectivity index (χ0v) is 20.0. The predicted molar refractivity (Wildman–Crippen MR) is 117 cm³/mol.